The van der Waals surface area contributed by atoms with E-state index in [1.54, 1.807) is 7.11 Å². The van der Waals surface area contributed by atoms with Gasteiger partial charge in [0.25, 0.3) is 0 Å². The third-order valence-electron chi connectivity index (χ3n) is 4.16. The van der Waals surface area contributed by atoms with Gasteiger partial charge in [-0.15, -0.1) is 0 Å². The van der Waals surface area contributed by atoms with Crippen LogP contribution in [0.25, 0.3) is 0 Å². The lowest BCUT2D eigenvalue weighted by Gasteiger charge is -2.11. The van der Waals surface area contributed by atoms with Crippen LogP contribution in [-0.2, 0) is 6.54 Å². The average Bonchev–Trinajstić information content (AvgIpc) is 2.71. The van der Waals surface area contributed by atoms with Crippen molar-refractivity contribution < 1.29 is 9.47 Å². The van der Waals surface area contributed by atoms with Crippen molar-refractivity contribution in [2.45, 2.75) is 20.4 Å². The molecule has 146 valence electrons. The lowest BCUT2D eigenvalue weighted by atomic mass is 10.1. The SMILES string of the molecule is COc1ccc(OCCNc2cc(C)nc(NCc3ccc(C)cc3)n2)cc1. The number of ether oxygens (including phenoxy) is 2. The van der Waals surface area contributed by atoms with E-state index in [4.69, 9.17) is 9.47 Å². The lowest BCUT2D eigenvalue weighted by Crippen LogP contribution is -2.14. The van der Waals surface area contributed by atoms with Crippen molar-refractivity contribution in [3.8, 4) is 11.5 Å². The Hall–Kier alpha value is -3.28. The Labute approximate surface area is 166 Å². The molecule has 0 amide bonds. The van der Waals surface area contributed by atoms with Gasteiger partial charge < -0.3 is 20.1 Å². The molecule has 0 saturated heterocycles. The number of methoxy groups -OCH3 is 1. The molecule has 0 radical (unpaired) electrons. The zero-order chi connectivity index (χ0) is 19.8. The first-order valence-corrected chi connectivity index (χ1v) is 9.28. The van der Waals surface area contributed by atoms with Gasteiger partial charge in [0.1, 0.15) is 23.9 Å². The molecule has 0 spiro atoms. The summed E-state index contributed by atoms with van der Waals surface area (Å²) in [5.41, 5.74) is 3.34. The lowest BCUT2D eigenvalue weighted by molar-refractivity contribution is 0.331. The first-order valence-electron chi connectivity index (χ1n) is 9.28. The highest BCUT2D eigenvalue weighted by molar-refractivity contribution is 5.42. The van der Waals surface area contributed by atoms with E-state index in [0.29, 0.717) is 25.6 Å². The van der Waals surface area contributed by atoms with Gasteiger partial charge in [-0.3, -0.25) is 0 Å². The normalized spacial score (nSPS) is 10.4. The van der Waals surface area contributed by atoms with Crippen LogP contribution < -0.4 is 20.1 Å². The average molecular weight is 378 g/mol. The third-order valence-corrected chi connectivity index (χ3v) is 4.16. The number of aryl methyl sites for hydroxylation is 2. The molecule has 0 bridgehead atoms. The maximum absolute atomic E-state index is 5.73. The van der Waals surface area contributed by atoms with Crippen LogP contribution in [0.2, 0.25) is 0 Å². The second kappa shape index (κ2) is 9.60. The highest BCUT2D eigenvalue weighted by Crippen LogP contribution is 2.17. The number of hydrogen-bond acceptors (Lipinski definition) is 6. The third kappa shape index (κ3) is 5.87. The fraction of sp³-hybridized carbons (Fsp3) is 0.273. The second-order valence-electron chi connectivity index (χ2n) is 6.51. The van der Waals surface area contributed by atoms with Gasteiger partial charge >= 0.3 is 0 Å². The number of hydrogen-bond donors (Lipinski definition) is 2. The zero-order valence-corrected chi connectivity index (χ0v) is 16.5. The summed E-state index contributed by atoms with van der Waals surface area (Å²) in [7, 11) is 1.65. The highest BCUT2D eigenvalue weighted by Gasteiger charge is 2.03. The van der Waals surface area contributed by atoms with E-state index < -0.39 is 0 Å². The zero-order valence-electron chi connectivity index (χ0n) is 16.5. The summed E-state index contributed by atoms with van der Waals surface area (Å²) >= 11 is 0. The Morgan fingerprint density at radius 1 is 0.857 bits per heavy atom. The molecule has 0 fully saturated rings. The van der Waals surface area contributed by atoms with Gasteiger partial charge in [0.05, 0.1) is 13.7 Å². The molecule has 0 saturated carbocycles. The van der Waals surface area contributed by atoms with Crippen molar-refractivity contribution in [1.82, 2.24) is 9.97 Å². The topological polar surface area (TPSA) is 68.3 Å². The molecule has 6 nitrogen and oxygen atoms in total. The quantitative estimate of drug-likeness (QED) is 0.544. The maximum atomic E-state index is 5.73. The Kier molecular flexibility index (Phi) is 6.68. The molecular formula is C22H26N4O2. The van der Waals surface area contributed by atoms with E-state index >= 15 is 0 Å². The van der Waals surface area contributed by atoms with Gasteiger partial charge in [-0.2, -0.15) is 4.98 Å². The minimum atomic E-state index is 0.529. The van der Waals surface area contributed by atoms with Crippen LogP contribution in [-0.4, -0.2) is 30.2 Å². The van der Waals surface area contributed by atoms with E-state index in [-0.39, 0.29) is 0 Å². The standard InChI is InChI=1S/C22H26N4O2/c1-16-4-6-18(7-5-16)15-24-22-25-17(2)14-21(26-22)23-12-13-28-20-10-8-19(27-3)9-11-20/h4-11,14H,12-13,15H2,1-3H3,(H2,23,24,25,26). The summed E-state index contributed by atoms with van der Waals surface area (Å²) in [6.45, 7) is 5.89. The second-order valence-corrected chi connectivity index (χ2v) is 6.51. The monoisotopic (exact) mass is 378 g/mol. The molecule has 0 unspecified atom stereocenters. The largest absolute Gasteiger partial charge is 0.497 e. The Balaban J connectivity index is 1.48. The van der Waals surface area contributed by atoms with Crippen LogP contribution in [0.15, 0.2) is 54.6 Å². The minimum absolute atomic E-state index is 0.529. The summed E-state index contributed by atoms with van der Waals surface area (Å²) in [5, 5.41) is 6.57. The molecule has 6 heteroatoms. The summed E-state index contributed by atoms with van der Waals surface area (Å²) in [4.78, 5) is 8.98. The molecule has 1 heterocycles. The molecule has 1 aromatic heterocycles. The smallest absolute Gasteiger partial charge is 0.225 e. The van der Waals surface area contributed by atoms with Gasteiger partial charge in [-0.25, -0.2) is 4.98 Å². The van der Waals surface area contributed by atoms with E-state index in [2.05, 4.69) is 51.8 Å². The molecule has 3 rings (SSSR count). The molecule has 0 aliphatic carbocycles. The van der Waals surface area contributed by atoms with Gasteiger partial charge in [-0.1, -0.05) is 29.8 Å². The molecule has 0 aliphatic rings. The minimum Gasteiger partial charge on any atom is -0.497 e. The van der Waals surface area contributed by atoms with Gasteiger partial charge in [0.15, 0.2) is 0 Å². The molecule has 2 aromatic carbocycles. The van der Waals surface area contributed by atoms with Crippen LogP contribution >= 0.6 is 0 Å². The number of nitrogens with one attached hydrogen (secondary N) is 2. The van der Waals surface area contributed by atoms with Gasteiger partial charge in [0, 0.05) is 18.3 Å². The van der Waals surface area contributed by atoms with Crippen LogP contribution in [0.5, 0.6) is 11.5 Å². The van der Waals surface area contributed by atoms with Crippen LogP contribution in [0.1, 0.15) is 16.8 Å². The molecule has 28 heavy (non-hydrogen) atoms. The first-order chi connectivity index (χ1) is 13.6. The van der Waals surface area contributed by atoms with Crippen molar-refractivity contribution in [2.24, 2.45) is 0 Å². The predicted molar refractivity (Wildman–Crippen MR) is 112 cm³/mol. The number of anilines is 2. The van der Waals surface area contributed by atoms with Crippen LogP contribution in [0.4, 0.5) is 11.8 Å². The Morgan fingerprint density at radius 3 is 2.29 bits per heavy atom. The first kappa shape index (κ1) is 19.5. The van der Waals surface area contributed by atoms with Crippen molar-refractivity contribution >= 4 is 11.8 Å². The number of aromatic nitrogens is 2. The summed E-state index contributed by atoms with van der Waals surface area (Å²) in [5.74, 6) is 3.01. The van der Waals surface area contributed by atoms with Gasteiger partial charge in [-0.05, 0) is 43.7 Å². The van der Waals surface area contributed by atoms with Gasteiger partial charge in [0.2, 0.25) is 5.95 Å². The van der Waals surface area contributed by atoms with E-state index in [0.717, 1.165) is 23.0 Å². The fourth-order valence-corrected chi connectivity index (χ4v) is 2.65. The molecular weight excluding hydrogens is 352 g/mol. The molecule has 2 N–H and O–H groups in total. The highest BCUT2D eigenvalue weighted by atomic mass is 16.5. The van der Waals surface area contributed by atoms with Crippen molar-refractivity contribution in [2.75, 3.05) is 30.9 Å². The molecule has 0 aliphatic heterocycles. The predicted octanol–water partition coefficient (Wildman–Crippen LogP) is 4.21. The summed E-state index contributed by atoms with van der Waals surface area (Å²) < 4.78 is 10.9. The number of rotatable bonds is 9. The summed E-state index contributed by atoms with van der Waals surface area (Å²) in [6, 6.07) is 17.9. The Bertz CT molecular complexity index is 880. The van der Waals surface area contributed by atoms with E-state index in [1.165, 1.54) is 11.1 Å². The number of benzene rings is 2. The number of nitrogens with zero attached hydrogens (tertiary/aromatic N) is 2. The van der Waals surface area contributed by atoms with Crippen molar-refractivity contribution in [1.29, 1.82) is 0 Å². The Morgan fingerprint density at radius 2 is 1.57 bits per heavy atom. The van der Waals surface area contributed by atoms with Crippen LogP contribution in [0.3, 0.4) is 0 Å². The van der Waals surface area contributed by atoms with E-state index in [1.807, 2.05) is 37.3 Å². The maximum Gasteiger partial charge on any atom is 0.225 e. The summed E-state index contributed by atoms with van der Waals surface area (Å²) in [6.07, 6.45) is 0. The fourth-order valence-electron chi connectivity index (χ4n) is 2.65. The van der Waals surface area contributed by atoms with Crippen molar-refractivity contribution in [3.63, 3.8) is 0 Å². The van der Waals surface area contributed by atoms with Crippen molar-refractivity contribution in [3.05, 3.63) is 71.4 Å². The van der Waals surface area contributed by atoms with Crippen LogP contribution in [0, 0.1) is 13.8 Å². The van der Waals surface area contributed by atoms with E-state index in [9.17, 15) is 0 Å². The molecule has 0 atom stereocenters. The molecule has 3 aromatic rings.